The van der Waals surface area contributed by atoms with Crippen LogP contribution in [0.25, 0.3) is 17.0 Å². The molecule has 9 heteroatoms. The van der Waals surface area contributed by atoms with E-state index in [-0.39, 0.29) is 18.4 Å². The van der Waals surface area contributed by atoms with Gasteiger partial charge in [-0.1, -0.05) is 12.1 Å². The molecule has 0 radical (unpaired) electrons. The van der Waals surface area contributed by atoms with Gasteiger partial charge in [0.2, 0.25) is 0 Å². The van der Waals surface area contributed by atoms with Crippen LogP contribution in [-0.4, -0.2) is 68.5 Å². The fraction of sp³-hybridized carbons (Fsp3) is 0.400. The minimum Gasteiger partial charge on any atom is -0.480 e. The summed E-state index contributed by atoms with van der Waals surface area (Å²) in [7, 11) is 1.86. The summed E-state index contributed by atoms with van der Waals surface area (Å²) in [4.78, 5) is 15.1. The Morgan fingerprint density at radius 1 is 1.24 bits per heavy atom. The smallest absolute Gasteiger partial charge is 0.317 e. The van der Waals surface area contributed by atoms with Crippen molar-refractivity contribution in [1.82, 2.24) is 24.7 Å². The molecule has 0 bridgehead atoms. The third kappa shape index (κ3) is 4.19. The lowest BCUT2D eigenvalue weighted by Gasteiger charge is -2.25. The number of nitrogens with zero attached hydrogens (tertiary/aromatic N) is 6. The van der Waals surface area contributed by atoms with Crippen molar-refractivity contribution in [3.8, 4) is 11.4 Å². The number of anilines is 1. The second-order valence-electron chi connectivity index (χ2n) is 7.38. The average molecular weight is 398 g/mol. The van der Waals surface area contributed by atoms with Gasteiger partial charge >= 0.3 is 5.97 Å². The van der Waals surface area contributed by atoms with Crippen LogP contribution in [0.15, 0.2) is 36.4 Å². The molecule has 3 heterocycles. The van der Waals surface area contributed by atoms with Gasteiger partial charge in [0, 0.05) is 24.7 Å². The van der Waals surface area contributed by atoms with Crippen molar-refractivity contribution in [1.29, 1.82) is 0 Å². The Labute approximate surface area is 167 Å². The highest BCUT2D eigenvalue weighted by Gasteiger charge is 2.23. The first-order chi connectivity index (χ1) is 14.0. The van der Waals surface area contributed by atoms with Crippen LogP contribution >= 0.6 is 0 Å². The summed E-state index contributed by atoms with van der Waals surface area (Å²) in [6, 6.07) is 10.2. The van der Waals surface area contributed by atoms with Crippen LogP contribution < -0.4 is 4.90 Å². The molecule has 29 heavy (non-hydrogen) atoms. The molecule has 0 amide bonds. The highest BCUT2D eigenvalue weighted by molar-refractivity contribution is 5.69. The highest BCUT2D eigenvalue weighted by atomic mass is 19.1. The fourth-order valence-corrected chi connectivity index (χ4v) is 3.85. The first-order valence-electron chi connectivity index (χ1n) is 9.66. The topological polar surface area (TPSA) is 86.9 Å². The van der Waals surface area contributed by atoms with Crippen LogP contribution in [0.5, 0.6) is 0 Å². The Balaban J connectivity index is 1.57. The zero-order valence-electron chi connectivity index (χ0n) is 16.2. The maximum Gasteiger partial charge on any atom is 0.317 e. The average Bonchev–Trinajstić information content (AvgIpc) is 2.95. The summed E-state index contributed by atoms with van der Waals surface area (Å²) in [6.45, 7) is 1.67. The minimum absolute atomic E-state index is 0.0482. The monoisotopic (exact) mass is 398 g/mol. The molecular weight excluding hydrogens is 375 g/mol. The van der Waals surface area contributed by atoms with Gasteiger partial charge < -0.3 is 10.0 Å². The number of aliphatic carboxylic acids is 1. The largest absolute Gasteiger partial charge is 0.480 e. The molecule has 1 saturated heterocycles. The zero-order chi connectivity index (χ0) is 20.4. The Bertz CT molecular complexity index is 1020. The van der Waals surface area contributed by atoms with Gasteiger partial charge in [-0.15, -0.1) is 15.3 Å². The standard InChI is InChI=1S/C20H23FN6O2/c1-25(13-19(28)29)16-6-3-10-26(11-9-16)18-8-7-17-22-23-20(27(17)24-18)14-4-2-5-15(21)12-14/h2,4-5,7-8,12,16H,3,6,9-11,13H2,1H3,(H,28,29). The zero-order valence-corrected chi connectivity index (χ0v) is 16.2. The van der Waals surface area contributed by atoms with E-state index in [9.17, 15) is 9.18 Å². The summed E-state index contributed by atoms with van der Waals surface area (Å²) in [6.07, 6.45) is 2.76. The molecule has 2 aromatic heterocycles. The Kier molecular flexibility index (Phi) is 5.39. The Morgan fingerprint density at radius 3 is 2.90 bits per heavy atom. The molecule has 1 aliphatic rings. The maximum atomic E-state index is 13.6. The van der Waals surface area contributed by atoms with Gasteiger partial charge in [0.05, 0.1) is 6.54 Å². The number of hydrogen-bond donors (Lipinski definition) is 1. The molecule has 152 valence electrons. The predicted molar refractivity (Wildman–Crippen MR) is 106 cm³/mol. The Hall–Kier alpha value is -3.07. The van der Waals surface area contributed by atoms with Crippen LogP contribution in [0.2, 0.25) is 0 Å². The van der Waals surface area contributed by atoms with Crippen LogP contribution in [0, 0.1) is 5.82 Å². The van der Waals surface area contributed by atoms with Gasteiger partial charge in [0.25, 0.3) is 0 Å². The molecule has 1 aliphatic heterocycles. The van der Waals surface area contributed by atoms with Crippen molar-refractivity contribution in [2.75, 3.05) is 31.6 Å². The third-order valence-electron chi connectivity index (χ3n) is 5.36. The quantitative estimate of drug-likeness (QED) is 0.706. The molecule has 1 atom stereocenters. The number of halogens is 1. The molecule has 1 aromatic carbocycles. The van der Waals surface area contributed by atoms with E-state index in [2.05, 4.69) is 15.1 Å². The van der Waals surface area contributed by atoms with Gasteiger partial charge in [-0.25, -0.2) is 4.39 Å². The second kappa shape index (κ2) is 8.12. The summed E-state index contributed by atoms with van der Waals surface area (Å²) >= 11 is 0. The van der Waals surface area contributed by atoms with Crippen molar-refractivity contribution in [2.45, 2.75) is 25.3 Å². The highest BCUT2D eigenvalue weighted by Crippen LogP contribution is 2.23. The Morgan fingerprint density at radius 2 is 2.10 bits per heavy atom. The second-order valence-corrected chi connectivity index (χ2v) is 7.38. The number of benzene rings is 1. The fourth-order valence-electron chi connectivity index (χ4n) is 3.85. The van der Waals surface area contributed by atoms with E-state index in [1.54, 1.807) is 16.6 Å². The van der Waals surface area contributed by atoms with Gasteiger partial charge in [0.15, 0.2) is 11.5 Å². The molecule has 1 unspecified atom stereocenters. The number of aromatic nitrogens is 4. The molecular formula is C20H23FN6O2. The number of carboxylic acids is 1. The number of carbonyl (C=O) groups is 1. The third-order valence-corrected chi connectivity index (χ3v) is 5.36. The normalized spacial score (nSPS) is 17.6. The first kappa shape index (κ1) is 19.3. The predicted octanol–water partition coefficient (Wildman–Crippen LogP) is 2.31. The van der Waals surface area contributed by atoms with E-state index in [0.717, 1.165) is 38.2 Å². The number of rotatable bonds is 5. The number of hydrogen-bond acceptors (Lipinski definition) is 6. The van der Waals surface area contributed by atoms with Crippen LogP contribution in [0.1, 0.15) is 19.3 Å². The van der Waals surface area contributed by atoms with Crippen molar-refractivity contribution >= 4 is 17.4 Å². The lowest BCUT2D eigenvalue weighted by Crippen LogP contribution is -2.36. The SMILES string of the molecule is CN(CC(=O)O)C1CCCN(c2ccc3nnc(-c4cccc(F)c4)n3n2)CC1. The van der Waals surface area contributed by atoms with Gasteiger partial charge in [0.1, 0.15) is 11.6 Å². The lowest BCUT2D eigenvalue weighted by molar-refractivity contribution is -0.138. The van der Waals surface area contributed by atoms with Crippen molar-refractivity contribution in [3.63, 3.8) is 0 Å². The molecule has 8 nitrogen and oxygen atoms in total. The molecule has 4 rings (SSSR count). The number of likely N-dealkylation sites (N-methyl/N-ethyl adjacent to an activating group) is 1. The van der Waals surface area contributed by atoms with Gasteiger partial charge in [-0.3, -0.25) is 9.69 Å². The maximum absolute atomic E-state index is 13.6. The van der Waals surface area contributed by atoms with Crippen LogP contribution in [-0.2, 0) is 4.79 Å². The van der Waals surface area contributed by atoms with E-state index < -0.39 is 5.97 Å². The van der Waals surface area contributed by atoms with E-state index in [1.807, 2.05) is 24.1 Å². The molecule has 0 aliphatic carbocycles. The van der Waals surface area contributed by atoms with Crippen molar-refractivity contribution in [2.24, 2.45) is 0 Å². The van der Waals surface area contributed by atoms with Crippen molar-refractivity contribution < 1.29 is 14.3 Å². The summed E-state index contributed by atoms with van der Waals surface area (Å²) in [5.41, 5.74) is 1.22. The summed E-state index contributed by atoms with van der Waals surface area (Å²) in [5.74, 6) is 0.157. The number of fused-ring (bicyclic) bond motifs is 1. The van der Waals surface area contributed by atoms with Gasteiger partial charge in [-0.2, -0.15) is 4.52 Å². The first-order valence-corrected chi connectivity index (χ1v) is 9.66. The number of carboxylic acid groups (broad SMARTS) is 1. The summed E-state index contributed by atoms with van der Waals surface area (Å²) in [5, 5.41) is 22.1. The van der Waals surface area contributed by atoms with E-state index in [4.69, 9.17) is 10.2 Å². The molecule has 1 N–H and O–H groups in total. The molecule has 3 aromatic rings. The minimum atomic E-state index is -0.807. The van der Waals surface area contributed by atoms with Crippen molar-refractivity contribution in [3.05, 3.63) is 42.2 Å². The lowest BCUT2D eigenvalue weighted by atomic mass is 10.1. The molecule has 0 spiro atoms. The summed E-state index contributed by atoms with van der Waals surface area (Å²) < 4.78 is 15.3. The van der Waals surface area contributed by atoms with E-state index >= 15 is 0 Å². The van der Waals surface area contributed by atoms with Crippen LogP contribution in [0.4, 0.5) is 10.2 Å². The van der Waals surface area contributed by atoms with E-state index in [1.165, 1.54) is 12.1 Å². The molecule has 0 saturated carbocycles. The molecule has 1 fully saturated rings. The van der Waals surface area contributed by atoms with E-state index in [0.29, 0.717) is 17.0 Å². The van der Waals surface area contributed by atoms with Gasteiger partial charge in [-0.05, 0) is 50.6 Å². The van der Waals surface area contributed by atoms with Crippen LogP contribution in [0.3, 0.4) is 0 Å².